The predicted octanol–water partition coefficient (Wildman–Crippen LogP) is -0.247. The molecule has 17 heavy (non-hydrogen) atoms. The maximum Gasteiger partial charge on any atom is 0.240 e. The van der Waals surface area contributed by atoms with E-state index in [0.29, 0.717) is 0 Å². The molecule has 1 aromatic carbocycles. The molecule has 0 aliphatic heterocycles. The van der Waals surface area contributed by atoms with Gasteiger partial charge in [-0.2, -0.15) is 0 Å². The average Bonchev–Trinajstić information content (AvgIpc) is 2.25. The Morgan fingerprint density at radius 1 is 1.47 bits per heavy atom. The number of primary sulfonamides is 1. The molecule has 0 saturated carbocycles. The van der Waals surface area contributed by atoms with E-state index in [2.05, 4.69) is 5.32 Å². The number of aliphatic hydroxyl groups excluding tert-OH is 2. The van der Waals surface area contributed by atoms with Crippen LogP contribution in [0.3, 0.4) is 0 Å². The summed E-state index contributed by atoms with van der Waals surface area (Å²) in [7, 11) is -3.90. The zero-order valence-electron chi connectivity index (χ0n) is 8.80. The van der Waals surface area contributed by atoms with Crippen molar-refractivity contribution in [2.24, 2.45) is 5.14 Å². The number of hydrogen-bond acceptors (Lipinski definition) is 5. The van der Waals surface area contributed by atoms with E-state index in [1.807, 2.05) is 0 Å². The largest absolute Gasteiger partial charge is 0.394 e. The first-order chi connectivity index (χ1) is 7.84. The minimum atomic E-state index is -3.90. The molecule has 1 atom stereocenters. The number of benzene rings is 1. The van der Waals surface area contributed by atoms with E-state index in [0.717, 1.165) is 0 Å². The van der Waals surface area contributed by atoms with Crippen LogP contribution in [-0.4, -0.2) is 37.9 Å². The maximum absolute atomic E-state index is 11.3. The molecule has 0 bridgehead atoms. The molecule has 0 fully saturated rings. The van der Waals surface area contributed by atoms with E-state index in [4.69, 9.17) is 27.0 Å². The fraction of sp³-hybridized carbons (Fsp3) is 0.333. The summed E-state index contributed by atoms with van der Waals surface area (Å²) in [4.78, 5) is -0.157. The van der Waals surface area contributed by atoms with Crippen molar-refractivity contribution in [2.45, 2.75) is 11.0 Å². The lowest BCUT2D eigenvalue weighted by atomic mass is 10.3. The number of halogens is 1. The summed E-state index contributed by atoms with van der Waals surface area (Å²) in [5, 5.41) is 25.7. The van der Waals surface area contributed by atoms with Crippen molar-refractivity contribution in [2.75, 3.05) is 18.5 Å². The van der Waals surface area contributed by atoms with Crippen LogP contribution >= 0.6 is 11.6 Å². The number of sulfonamides is 1. The molecule has 96 valence electrons. The van der Waals surface area contributed by atoms with Crippen molar-refractivity contribution < 1.29 is 18.6 Å². The number of nitrogens with one attached hydrogen (secondary N) is 1. The molecule has 1 unspecified atom stereocenters. The SMILES string of the molecule is NS(=O)(=O)c1cc(Cl)ccc1NCC(O)CO. The molecule has 0 amide bonds. The van der Waals surface area contributed by atoms with Crippen molar-refractivity contribution in [3.8, 4) is 0 Å². The highest BCUT2D eigenvalue weighted by Gasteiger charge is 2.15. The van der Waals surface area contributed by atoms with Crippen molar-refractivity contribution >= 4 is 27.3 Å². The van der Waals surface area contributed by atoms with Crippen LogP contribution < -0.4 is 10.5 Å². The lowest BCUT2D eigenvalue weighted by molar-refractivity contribution is 0.105. The number of anilines is 1. The number of aliphatic hydroxyl groups is 2. The normalized spacial score (nSPS) is 13.4. The minimum absolute atomic E-state index is 0.000647. The van der Waals surface area contributed by atoms with E-state index in [1.165, 1.54) is 18.2 Å². The standard InChI is InChI=1S/C9H13ClN2O4S/c10-6-1-2-8(12-4-7(14)5-13)9(3-6)17(11,15)16/h1-3,7,12-14H,4-5H2,(H2,11,15,16). The molecule has 6 nitrogen and oxygen atoms in total. The highest BCUT2D eigenvalue weighted by molar-refractivity contribution is 7.89. The second-order valence-corrected chi connectivity index (χ2v) is 5.37. The predicted molar refractivity (Wildman–Crippen MR) is 64.4 cm³/mol. The van der Waals surface area contributed by atoms with Crippen molar-refractivity contribution in [3.05, 3.63) is 23.2 Å². The molecule has 0 aliphatic rings. The first kappa shape index (κ1) is 14.2. The molecule has 1 rings (SSSR count). The van der Waals surface area contributed by atoms with Gasteiger partial charge in [0.05, 0.1) is 18.4 Å². The van der Waals surface area contributed by atoms with E-state index >= 15 is 0 Å². The van der Waals surface area contributed by atoms with Gasteiger partial charge in [0.15, 0.2) is 0 Å². The summed E-state index contributed by atoms with van der Waals surface area (Å²) < 4.78 is 22.6. The van der Waals surface area contributed by atoms with Crippen LogP contribution in [0.4, 0.5) is 5.69 Å². The van der Waals surface area contributed by atoms with Gasteiger partial charge in [0.2, 0.25) is 10.0 Å². The summed E-state index contributed by atoms with van der Waals surface area (Å²) in [6.45, 7) is -0.425. The van der Waals surface area contributed by atoms with Crippen LogP contribution in [0.2, 0.25) is 5.02 Å². The van der Waals surface area contributed by atoms with E-state index in [1.54, 1.807) is 0 Å². The monoisotopic (exact) mass is 280 g/mol. The van der Waals surface area contributed by atoms with Crippen LogP contribution in [0.1, 0.15) is 0 Å². The molecule has 0 aliphatic carbocycles. The molecule has 8 heteroatoms. The van der Waals surface area contributed by atoms with Gasteiger partial charge in [-0.15, -0.1) is 0 Å². The Balaban J connectivity index is 3.00. The summed E-state index contributed by atoms with van der Waals surface area (Å²) in [5.41, 5.74) is 0.226. The quantitative estimate of drug-likeness (QED) is 0.594. The Kier molecular flexibility index (Phi) is 4.72. The minimum Gasteiger partial charge on any atom is -0.394 e. The third-order valence-electron chi connectivity index (χ3n) is 1.99. The lowest BCUT2D eigenvalue weighted by Gasteiger charge is -2.13. The van der Waals surface area contributed by atoms with E-state index in [-0.39, 0.29) is 22.2 Å². The fourth-order valence-corrected chi connectivity index (χ4v) is 2.14. The number of rotatable bonds is 5. The van der Waals surface area contributed by atoms with Gasteiger partial charge < -0.3 is 15.5 Å². The summed E-state index contributed by atoms with van der Waals surface area (Å²) in [6.07, 6.45) is -0.987. The summed E-state index contributed by atoms with van der Waals surface area (Å²) >= 11 is 5.68. The highest BCUT2D eigenvalue weighted by Crippen LogP contribution is 2.24. The number of hydrogen-bond donors (Lipinski definition) is 4. The van der Waals surface area contributed by atoms with Gasteiger partial charge in [-0.3, -0.25) is 0 Å². The van der Waals surface area contributed by atoms with Gasteiger partial charge in [-0.1, -0.05) is 11.6 Å². The van der Waals surface area contributed by atoms with E-state index < -0.39 is 22.7 Å². The van der Waals surface area contributed by atoms with Crippen LogP contribution in [0.15, 0.2) is 23.1 Å². The van der Waals surface area contributed by atoms with Crippen molar-refractivity contribution in [1.82, 2.24) is 0 Å². The van der Waals surface area contributed by atoms with E-state index in [9.17, 15) is 8.42 Å². The Morgan fingerprint density at radius 3 is 2.65 bits per heavy atom. The van der Waals surface area contributed by atoms with Gasteiger partial charge in [-0.25, -0.2) is 13.6 Å². The molecule has 0 saturated heterocycles. The molecule has 0 aromatic heterocycles. The Morgan fingerprint density at radius 2 is 2.12 bits per heavy atom. The average molecular weight is 281 g/mol. The topological polar surface area (TPSA) is 113 Å². The third kappa shape index (κ3) is 4.14. The Bertz CT molecular complexity index is 492. The molecular weight excluding hydrogens is 268 g/mol. The van der Waals surface area contributed by atoms with Crippen LogP contribution in [0, 0.1) is 0 Å². The van der Waals surface area contributed by atoms with Crippen LogP contribution in [-0.2, 0) is 10.0 Å². The lowest BCUT2D eigenvalue weighted by Crippen LogP contribution is -2.24. The van der Waals surface area contributed by atoms with Gasteiger partial charge >= 0.3 is 0 Å². The maximum atomic E-state index is 11.3. The van der Waals surface area contributed by atoms with Crippen LogP contribution in [0.25, 0.3) is 0 Å². The van der Waals surface area contributed by atoms with Gasteiger partial charge in [-0.05, 0) is 18.2 Å². The summed E-state index contributed by atoms with van der Waals surface area (Å²) in [5.74, 6) is 0. The zero-order chi connectivity index (χ0) is 13.1. The summed E-state index contributed by atoms with van der Waals surface area (Å²) in [6, 6.07) is 4.14. The first-order valence-corrected chi connectivity index (χ1v) is 6.62. The zero-order valence-corrected chi connectivity index (χ0v) is 10.4. The van der Waals surface area contributed by atoms with Crippen molar-refractivity contribution in [1.29, 1.82) is 0 Å². The molecule has 5 N–H and O–H groups in total. The second kappa shape index (κ2) is 5.65. The second-order valence-electron chi connectivity index (χ2n) is 3.40. The molecule has 1 aromatic rings. The van der Waals surface area contributed by atoms with Crippen molar-refractivity contribution in [3.63, 3.8) is 0 Å². The van der Waals surface area contributed by atoms with Gasteiger partial charge in [0.1, 0.15) is 4.90 Å². The smallest absolute Gasteiger partial charge is 0.240 e. The van der Waals surface area contributed by atoms with Gasteiger partial charge in [0.25, 0.3) is 0 Å². The highest BCUT2D eigenvalue weighted by atomic mass is 35.5. The molecule has 0 radical (unpaired) electrons. The van der Waals surface area contributed by atoms with Gasteiger partial charge in [0, 0.05) is 11.6 Å². The Hall–Kier alpha value is -0.860. The molecule has 0 heterocycles. The van der Waals surface area contributed by atoms with Crippen LogP contribution in [0.5, 0.6) is 0 Å². The Labute approximate surface area is 104 Å². The number of nitrogens with two attached hydrogens (primary N) is 1. The molecule has 0 spiro atoms. The molecular formula is C9H13ClN2O4S. The fourth-order valence-electron chi connectivity index (χ4n) is 1.17. The third-order valence-corrected chi connectivity index (χ3v) is 3.17. The first-order valence-electron chi connectivity index (χ1n) is 4.69.